The molecule has 0 saturated carbocycles. The van der Waals surface area contributed by atoms with Crippen molar-refractivity contribution >= 4 is 76.6 Å². The minimum absolute atomic E-state index is 0.104. The number of anilines is 2. The van der Waals surface area contributed by atoms with Crippen LogP contribution < -0.4 is 20.1 Å². The van der Waals surface area contributed by atoms with E-state index in [-0.39, 0.29) is 24.7 Å². The Kier molecular flexibility index (Phi) is 8.38. The van der Waals surface area contributed by atoms with Gasteiger partial charge < -0.3 is 20.1 Å². The normalized spacial score (nSPS) is 10.9. The van der Waals surface area contributed by atoms with Gasteiger partial charge in [0.2, 0.25) is 11.8 Å². The van der Waals surface area contributed by atoms with E-state index in [4.69, 9.17) is 9.47 Å². The highest BCUT2D eigenvalue weighted by molar-refractivity contribution is 9.10. The van der Waals surface area contributed by atoms with Crippen LogP contribution >= 0.6 is 31.9 Å². The van der Waals surface area contributed by atoms with E-state index in [9.17, 15) is 9.59 Å². The summed E-state index contributed by atoms with van der Waals surface area (Å²) >= 11 is 7.01. The molecular formula is C32H26Br2N2O4. The van der Waals surface area contributed by atoms with Gasteiger partial charge in [-0.3, -0.25) is 9.59 Å². The first kappa shape index (κ1) is 27.7. The standard InChI is InChI=1S/C32H26Br2N2O4/c1-39-29-13-7-19-15-21(33)9-11-23(19)25(29)17-31(37)35-27-5-3-4-6-28(27)36-32(38)18-26-24-12-10-22(34)16-20(24)8-14-30(26)40-2/h3-16H,17-18H2,1-2H3,(H,35,37)(H,36,38). The maximum atomic E-state index is 13.2. The molecule has 202 valence electrons. The summed E-state index contributed by atoms with van der Waals surface area (Å²) in [7, 11) is 3.19. The second kappa shape index (κ2) is 12.1. The van der Waals surface area contributed by atoms with Crippen molar-refractivity contribution < 1.29 is 19.1 Å². The molecule has 5 rings (SSSR count). The molecule has 0 aromatic heterocycles. The number of benzene rings is 5. The molecule has 0 aliphatic heterocycles. The van der Waals surface area contributed by atoms with Crippen molar-refractivity contribution in [2.45, 2.75) is 12.8 Å². The highest BCUT2D eigenvalue weighted by Gasteiger charge is 2.17. The number of hydrogen-bond donors (Lipinski definition) is 2. The third-order valence-electron chi connectivity index (χ3n) is 6.69. The maximum Gasteiger partial charge on any atom is 0.229 e. The molecule has 0 saturated heterocycles. The molecule has 8 heteroatoms. The number of halogens is 2. The van der Waals surface area contributed by atoms with Crippen molar-refractivity contribution in [1.82, 2.24) is 0 Å². The molecule has 0 spiro atoms. The van der Waals surface area contributed by atoms with Crippen LogP contribution in [0.4, 0.5) is 11.4 Å². The van der Waals surface area contributed by atoms with Crippen LogP contribution in [0, 0.1) is 0 Å². The Labute approximate surface area is 248 Å². The number of hydrogen-bond acceptors (Lipinski definition) is 4. The van der Waals surface area contributed by atoms with Crippen molar-refractivity contribution in [3.8, 4) is 11.5 Å². The van der Waals surface area contributed by atoms with Gasteiger partial charge in [0.05, 0.1) is 38.4 Å². The van der Waals surface area contributed by atoms with Crippen molar-refractivity contribution in [1.29, 1.82) is 0 Å². The van der Waals surface area contributed by atoms with Crippen LogP contribution in [0.25, 0.3) is 21.5 Å². The molecule has 0 aliphatic rings. The molecule has 0 radical (unpaired) electrons. The highest BCUT2D eigenvalue weighted by atomic mass is 79.9. The van der Waals surface area contributed by atoms with E-state index in [1.807, 2.05) is 72.8 Å². The van der Waals surface area contributed by atoms with Crippen LogP contribution in [-0.4, -0.2) is 26.0 Å². The fourth-order valence-corrected chi connectivity index (χ4v) is 5.61. The number of carbonyl (C=O) groups is 2. The predicted octanol–water partition coefficient (Wildman–Crippen LogP) is 7.90. The first-order valence-corrected chi connectivity index (χ1v) is 14.1. The minimum atomic E-state index is -0.225. The van der Waals surface area contributed by atoms with Crippen LogP contribution in [-0.2, 0) is 22.4 Å². The quantitative estimate of drug-likeness (QED) is 0.177. The van der Waals surface area contributed by atoms with E-state index in [0.717, 1.165) is 41.6 Å². The van der Waals surface area contributed by atoms with Gasteiger partial charge in [0.1, 0.15) is 11.5 Å². The van der Waals surface area contributed by atoms with Crippen LogP contribution in [0.15, 0.2) is 93.9 Å². The molecule has 6 nitrogen and oxygen atoms in total. The van der Waals surface area contributed by atoms with Crippen molar-refractivity contribution in [2.75, 3.05) is 24.9 Å². The van der Waals surface area contributed by atoms with Gasteiger partial charge >= 0.3 is 0 Å². The molecule has 0 atom stereocenters. The summed E-state index contributed by atoms with van der Waals surface area (Å²) in [6.45, 7) is 0. The number of carbonyl (C=O) groups excluding carboxylic acids is 2. The number of nitrogens with one attached hydrogen (secondary N) is 2. The lowest BCUT2D eigenvalue weighted by atomic mass is 10.0. The molecule has 0 aliphatic carbocycles. The summed E-state index contributed by atoms with van der Waals surface area (Å²) < 4.78 is 13.0. The Morgan fingerprint density at radius 1 is 0.625 bits per heavy atom. The first-order valence-electron chi connectivity index (χ1n) is 12.5. The van der Waals surface area contributed by atoms with E-state index >= 15 is 0 Å². The Hall–Kier alpha value is -3.88. The first-order chi connectivity index (χ1) is 19.4. The second-order valence-electron chi connectivity index (χ2n) is 9.22. The van der Waals surface area contributed by atoms with E-state index in [0.29, 0.717) is 22.9 Å². The maximum absolute atomic E-state index is 13.2. The summed E-state index contributed by atoms with van der Waals surface area (Å²) in [6, 6.07) is 26.7. The van der Waals surface area contributed by atoms with Gasteiger partial charge in [-0.1, -0.05) is 68.3 Å². The van der Waals surface area contributed by atoms with Gasteiger partial charge in [-0.15, -0.1) is 0 Å². The van der Waals surface area contributed by atoms with E-state index < -0.39 is 0 Å². The highest BCUT2D eigenvalue weighted by Crippen LogP contribution is 2.33. The number of fused-ring (bicyclic) bond motifs is 2. The smallest absolute Gasteiger partial charge is 0.229 e. The largest absolute Gasteiger partial charge is 0.496 e. The zero-order valence-electron chi connectivity index (χ0n) is 21.9. The lowest BCUT2D eigenvalue weighted by Crippen LogP contribution is -2.19. The van der Waals surface area contributed by atoms with Gasteiger partial charge in [-0.25, -0.2) is 0 Å². The van der Waals surface area contributed by atoms with Crippen LogP contribution in [0.5, 0.6) is 11.5 Å². The summed E-state index contributed by atoms with van der Waals surface area (Å²) in [6.07, 6.45) is 0.209. The van der Waals surface area contributed by atoms with E-state index in [2.05, 4.69) is 42.5 Å². The predicted molar refractivity (Wildman–Crippen MR) is 168 cm³/mol. The molecule has 2 amide bonds. The number of para-hydroxylation sites is 2. The number of rotatable bonds is 8. The molecule has 40 heavy (non-hydrogen) atoms. The van der Waals surface area contributed by atoms with Gasteiger partial charge in [0.15, 0.2) is 0 Å². The fraction of sp³-hybridized carbons (Fsp3) is 0.125. The van der Waals surface area contributed by atoms with Gasteiger partial charge in [0, 0.05) is 20.1 Å². The minimum Gasteiger partial charge on any atom is -0.496 e. The lowest BCUT2D eigenvalue weighted by Gasteiger charge is -2.16. The summed E-state index contributed by atoms with van der Waals surface area (Å²) in [5, 5.41) is 9.82. The number of methoxy groups -OCH3 is 2. The van der Waals surface area contributed by atoms with Crippen LogP contribution in [0.3, 0.4) is 0 Å². The van der Waals surface area contributed by atoms with Crippen molar-refractivity contribution in [2.24, 2.45) is 0 Å². The molecule has 5 aromatic carbocycles. The zero-order chi connectivity index (χ0) is 28.2. The average Bonchev–Trinajstić information content (AvgIpc) is 2.94. The Morgan fingerprint density at radius 2 is 1.05 bits per heavy atom. The second-order valence-corrected chi connectivity index (χ2v) is 11.1. The van der Waals surface area contributed by atoms with E-state index in [1.54, 1.807) is 26.4 Å². The number of ether oxygens (including phenoxy) is 2. The SMILES string of the molecule is COc1ccc2cc(Br)ccc2c1CC(=O)Nc1ccccc1NC(=O)Cc1c(OC)ccc2cc(Br)ccc12. The molecule has 0 heterocycles. The third-order valence-corrected chi connectivity index (χ3v) is 7.68. The summed E-state index contributed by atoms with van der Waals surface area (Å²) in [5.74, 6) is 0.832. The number of amides is 2. The molecule has 0 bridgehead atoms. The van der Waals surface area contributed by atoms with Crippen LogP contribution in [0.1, 0.15) is 11.1 Å². The van der Waals surface area contributed by atoms with Crippen molar-refractivity contribution in [3.63, 3.8) is 0 Å². The van der Waals surface area contributed by atoms with Gasteiger partial charge in [0.25, 0.3) is 0 Å². The zero-order valence-corrected chi connectivity index (χ0v) is 25.1. The average molecular weight is 662 g/mol. The van der Waals surface area contributed by atoms with Gasteiger partial charge in [-0.2, -0.15) is 0 Å². The molecule has 0 fully saturated rings. The molecule has 0 unspecified atom stereocenters. The Morgan fingerprint density at radius 3 is 1.45 bits per heavy atom. The Bertz CT molecular complexity index is 1620. The lowest BCUT2D eigenvalue weighted by molar-refractivity contribution is -0.116. The summed E-state index contributed by atoms with van der Waals surface area (Å²) in [4.78, 5) is 26.5. The topological polar surface area (TPSA) is 76.7 Å². The van der Waals surface area contributed by atoms with Crippen molar-refractivity contribution in [3.05, 3.63) is 105 Å². The molecule has 5 aromatic rings. The van der Waals surface area contributed by atoms with Gasteiger partial charge in [-0.05, 0) is 70.1 Å². The fourth-order valence-electron chi connectivity index (χ4n) is 4.85. The third kappa shape index (κ3) is 5.98. The van der Waals surface area contributed by atoms with Crippen LogP contribution in [0.2, 0.25) is 0 Å². The van der Waals surface area contributed by atoms with E-state index in [1.165, 1.54) is 0 Å². The summed E-state index contributed by atoms with van der Waals surface area (Å²) in [5.41, 5.74) is 2.61. The monoisotopic (exact) mass is 660 g/mol. The molecular weight excluding hydrogens is 636 g/mol. The Balaban J connectivity index is 1.36. The molecule has 2 N–H and O–H groups in total.